The third-order valence-corrected chi connectivity index (χ3v) is 3.63. The van der Waals surface area contributed by atoms with Crippen molar-refractivity contribution in [1.82, 2.24) is 15.0 Å². The highest BCUT2D eigenvalue weighted by molar-refractivity contribution is 5.76. The molecule has 2 aromatic carbocycles. The lowest BCUT2D eigenvalue weighted by molar-refractivity contribution is 0.810. The molecule has 2 heterocycles. The predicted molar refractivity (Wildman–Crippen MR) is 75.7 cm³/mol. The Balaban J connectivity index is 1.88. The van der Waals surface area contributed by atoms with Crippen molar-refractivity contribution in [2.75, 3.05) is 11.9 Å². The fourth-order valence-electron chi connectivity index (χ4n) is 2.64. The Morgan fingerprint density at radius 2 is 2.05 bits per heavy atom. The Kier molecular flexibility index (Phi) is 2.27. The number of rotatable bonds is 1. The number of aryl methyl sites for hydroxylation is 1. The summed E-state index contributed by atoms with van der Waals surface area (Å²) in [7, 11) is 0. The Morgan fingerprint density at radius 1 is 1.11 bits per heavy atom. The maximum absolute atomic E-state index is 4.25. The van der Waals surface area contributed by atoms with E-state index in [2.05, 4.69) is 33.8 Å². The molecular formula is C15H14N4. The van der Waals surface area contributed by atoms with Crippen LogP contribution >= 0.6 is 0 Å². The molecule has 0 fully saturated rings. The normalized spacial score (nSPS) is 14.1. The summed E-state index contributed by atoms with van der Waals surface area (Å²) in [4.78, 5) is 0. The molecule has 1 aliphatic rings. The average molecular weight is 250 g/mol. The summed E-state index contributed by atoms with van der Waals surface area (Å²) >= 11 is 0. The highest BCUT2D eigenvalue weighted by atomic mass is 15.4. The van der Waals surface area contributed by atoms with E-state index in [1.807, 2.05) is 28.9 Å². The first-order valence-electron chi connectivity index (χ1n) is 6.59. The van der Waals surface area contributed by atoms with Crippen LogP contribution in [0.25, 0.3) is 16.7 Å². The van der Waals surface area contributed by atoms with Crippen LogP contribution in [-0.2, 0) is 6.42 Å². The van der Waals surface area contributed by atoms with E-state index in [1.54, 1.807) is 0 Å². The van der Waals surface area contributed by atoms with Gasteiger partial charge in [0.2, 0.25) is 0 Å². The maximum Gasteiger partial charge on any atom is 0.113 e. The van der Waals surface area contributed by atoms with E-state index in [-0.39, 0.29) is 0 Å². The SMILES string of the molecule is c1ccc2c(c1)nnn2-c1ccc2c(c1)NCCC2. The van der Waals surface area contributed by atoms with Crippen LogP contribution in [0, 0.1) is 0 Å². The number of benzene rings is 2. The number of hydrogen-bond acceptors (Lipinski definition) is 3. The minimum atomic E-state index is 0.924. The first-order chi connectivity index (χ1) is 9.42. The first-order valence-corrected chi connectivity index (χ1v) is 6.59. The molecule has 0 saturated heterocycles. The van der Waals surface area contributed by atoms with Crippen LogP contribution in [0.4, 0.5) is 5.69 Å². The topological polar surface area (TPSA) is 42.7 Å². The third kappa shape index (κ3) is 1.68. The number of nitrogens with one attached hydrogen (secondary N) is 1. The second-order valence-corrected chi connectivity index (χ2v) is 4.86. The molecule has 1 aromatic heterocycles. The predicted octanol–water partition coefficient (Wildman–Crippen LogP) is 2.78. The molecule has 0 unspecified atom stereocenters. The van der Waals surface area contributed by atoms with Crippen LogP contribution in [0.15, 0.2) is 42.5 Å². The Bertz CT molecular complexity index is 745. The maximum atomic E-state index is 4.25. The minimum absolute atomic E-state index is 0.924. The second kappa shape index (κ2) is 4.09. The number of para-hydroxylation sites is 1. The van der Waals surface area contributed by atoms with Gasteiger partial charge in [0.1, 0.15) is 5.52 Å². The van der Waals surface area contributed by atoms with Gasteiger partial charge in [-0.15, -0.1) is 5.10 Å². The van der Waals surface area contributed by atoms with Crippen LogP contribution in [0.1, 0.15) is 12.0 Å². The second-order valence-electron chi connectivity index (χ2n) is 4.86. The number of fused-ring (bicyclic) bond motifs is 2. The van der Waals surface area contributed by atoms with E-state index in [0.29, 0.717) is 0 Å². The average Bonchev–Trinajstić information content (AvgIpc) is 2.91. The van der Waals surface area contributed by atoms with Crippen molar-refractivity contribution in [1.29, 1.82) is 0 Å². The van der Waals surface area contributed by atoms with E-state index in [4.69, 9.17) is 0 Å². The molecule has 4 nitrogen and oxygen atoms in total. The lowest BCUT2D eigenvalue weighted by Gasteiger charge is -2.18. The van der Waals surface area contributed by atoms with Crippen molar-refractivity contribution in [2.45, 2.75) is 12.8 Å². The zero-order valence-electron chi connectivity index (χ0n) is 10.5. The molecule has 4 rings (SSSR count). The standard InChI is InChI=1S/C15H14N4/c1-2-6-15-13(5-1)17-18-19(15)12-8-7-11-4-3-9-16-14(11)10-12/h1-2,5-8,10,16H,3-4,9H2. The molecule has 0 amide bonds. The zero-order valence-corrected chi connectivity index (χ0v) is 10.5. The van der Waals surface area contributed by atoms with E-state index < -0.39 is 0 Å². The van der Waals surface area contributed by atoms with E-state index in [9.17, 15) is 0 Å². The van der Waals surface area contributed by atoms with Gasteiger partial charge in [-0.25, -0.2) is 4.68 Å². The minimum Gasteiger partial charge on any atom is -0.385 e. The van der Waals surface area contributed by atoms with Crippen molar-refractivity contribution < 1.29 is 0 Å². The molecule has 0 radical (unpaired) electrons. The summed E-state index contributed by atoms with van der Waals surface area (Å²) in [5, 5.41) is 11.9. The van der Waals surface area contributed by atoms with Crippen LogP contribution in [-0.4, -0.2) is 21.5 Å². The number of hydrogen-bond donors (Lipinski definition) is 1. The fourth-order valence-corrected chi connectivity index (χ4v) is 2.64. The number of anilines is 1. The molecular weight excluding hydrogens is 236 g/mol. The third-order valence-electron chi connectivity index (χ3n) is 3.63. The molecule has 19 heavy (non-hydrogen) atoms. The summed E-state index contributed by atoms with van der Waals surface area (Å²) in [6.07, 6.45) is 2.36. The van der Waals surface area contributed by atoms with Crippen LogP contribution in [0.3, 0.4) is 0 Å². The Morgan fingerprint density at radius 3 is 3.05 bits per heavy atom. The smallest absolute Gasteiger partial charge is 0.113 e. The highest BCUT2D eigenvalue weighted by Gasteiger charge is 2.11. The van der Waals surface area contributed by atoms with Crippen molar-refractivity contribution in [2.24, 2.45) is 0 Å². The molecule has 0 saturated carbocycles. The Hall–Kier alpha value is -2.36. The van der Waals surface area contributed by atoms with Crippen LogP contribution in [0.5, 0.6) is 0 Å². The fraction of sp³-hybridized carbons (Fsp3) is 0.200. The van der Waals surface area contributed by atoms with Gasteiger partial charge in [-0.1, -0.05) is 23.4 Å². The van der Waals surface area contributed by atoms with E-state index in [0.717, 1.165) is 29.7 Å². The van der Waals surface area contributed by atoms with Gasteiger partial charge in [-0.2, -0.15) is 0 Å². The van der Waals surface area contributed by atoms with Gasteiger partial charge in [-0.3, -0.25) is 0 Å². The van der Waals surface area contributed by atoms with Gasteiger partial charge in [0.25, 0.3) is 0 Å². The molecule has 1 aliphatic heterocycles. The van der Waals surface area contributed by atoms with Gasteiger partial charge in [0.15, 0.2) is 0 Å². The van der Waals surface area contributed by atoms with Crippen molar-refractivity contribution in [3.8, 4) is 5.69 Å². The van der Waals surface area contributed by atoms with Gasteiger partial charge in [0, 0.05) is 12.2 Å². The highest BCUT2D eigenvalue weighted by Crippen LogP contribution is 2.25. The molecule has 0 atom stereocenters. The van der Waals surface area contributed by atoms with E-state index >= 15 is 0 Å². The van der Waals surface area contributed by atoms with Gasteiger partial charge in [-0.05, 0) is 42.7 Å². The summed E-state index contributed by atoms with van der Waals surface area (Å²) < 4.78 is 1.89. The lowest BCUT2D eigenvalue weighted by Crippen LogP contribution is -2.12. The van der Waals surface area contributed by atoms with Crippen LogP contribution in [0.2, 0.25) is 0 Å². The largest absolute Gasteiger partial charge is 0.385 e. The van der Waals surface area contributed by atoms with E-state index in [1.165, 1.54) is 17.7 Å². The van der Waals surface area contributed by atoms with Gasteiger partial charge < -0.3 is 5.32 Å². The summed E-state index contributed by atoms with van der Waals surface area (Å²) in [5.41, 5.74) is 5.64. The van der Waals surface area contributed by atoms with Crippen molar-refractivity contribution in [3.63, 3.8) is 0 Å². The van der Waals surface area contributed by atoms with Crippen molar-refractivity contribution in [3.05, 3.63) is 48.0 Å². The van der Waals surface area contributed by atoms with Gasteiger partial charge in [0.05, 0.1) is 11.2 Å². The summed E-state index contributed by atoms with van der Waals surface area (Å²) in [6.45, 7) is 1.05. The Labute approximate surface area is 111 Å². The quantitative estimate of drug-likeness (QED) is 0.722. The molecule has 0 spiro atoms. The summed E-state index contributed by atoms with van der Waals surface area (Å²) in [5.74, 6) is 0. The zero-order chi connectivity index (χ0) is 12.7. The molecule has 94 valence electrons. The molecule has 3 aromatic rings. The molecule has 0 aliphatic carbocycles. The first kappa shape index (κ1) is 10.6. The number of nitrogens with zero attached hydrogens (tertiary/aromatic N) is 3. The molecule has 1 N–H and O–H groups in total. The van der Waals surface area contributed by atoms with Crippen molar-refractivity contribution >= 4 is 16.7 Å². The van der Waals surface area contributed by atoms with Crippen LogP contribution < -0.4 is 5.32 Å². The lowest BCUT2D eigenvalue weighted by atomic mass is 10.0. The summed E-state index contributed by atoms with van der Waals surface area (Å²) in [6, 6.07) is 14.5. The van der Waals surface area contributed by atoms with Gasteiger partial charge >= 0.3 is 0 Å². The molecule has 0 bridgehead atoms. The number of aromatic nitrogens is 3. The monoisotopic (exact) mass is 250 g/mol. The molecule has 4 heteroatoms.